The fourth-order valence-electron chi connectivity index (χ4n) is 4.55. The fourth-order valence-corrected chi connectivity index (χ4v) is 5.88. The summed E-state index contributed by atoms with van der Waals surface area (Å²) < 4.78 is 34.1. The number of ether oxygens (including phenoxy) is 1. The molecule has 0 radical (unpaired) electrons. The molecule has 32 heavy (non-hydrogen) atoms. The van der Waals surface area contributed by atoms with Crippen molar-refractivity contribution >= 4 is 32.4 Å². The van der Waals surface area contributed by atoms with E-state index in [0.717, 1.165) is 62.6 Å². The summed E-state index contributed by atoms with van der Waals surface area (Å²) in [6.07, 6.45) is 1.11. The largest absolute Gasteiger partial charge is 0.380 e. The van der Waals surface area contributed by atoms with Crippen molar-refractivity contribution in [3.8, 4) is 0 Å². The first kappa shape index (κ1) is 21.2. The summed E-state index contributed by atoms with van der Waals surface area (Å²) in [5, 5.41) is 5.50. The molecule has 3 aromatic rings. The minimum absolute atomic E-state index is 0.177. The number of benzene rings is 2. The molecule has 0 N–H and O–H groups in total. The van der Waals surface area contributed by atoms with E-state index >= 15 is 0 Å². The average Bonchev–Trinajstić information content (AvgIpc) is 3.45. The van der Waals surface area contributed by atoms with Gasteiger partial charge in [-0.3, -0.25) is 0 Å². The summed E-state index contributed by atoms with van der Waals surface area (Å²) in [6, 6.07) is 14.7. The number of hydrogen-bond donors (Lipinski definition) is 0. The van der Waals surface area contributed by atoms with Crippen LogP contribution in [0, 0.1) is 0 Å². The molecule has 1 aromatic heterocycles. The van der Waals surface area contributed by atoms with Gasteiger partial charge in [0, 0.05) is 57.5 Å². The Kier molecular flexibility index (Phi) is 5.56. The van der Waals surface area contributed by atoms with Gasteiger partial charge >= 0.3 is 0 Å². The number of fused-ring (bicyclic) bond motifs is 1. The first-order valence-electron chi connectivity index (χ1n) is 11.0. The smallest absolute Gasteiger partial charge is 0.283 e. The molecule has 2 aromatic carbocycles. The predicted molar refractivity (Wildman–Crippen MR) is 126 cm³/mol. The van der Waals surface area contributed by atoms with Crippen LogP contribution < -0.4 is 9.80 Å². The maximum absolute atomic E-state index is 13.7. The summed E-state index contributed by atoms with van der Waals surface area (Å²) in [6.45, 7) is 5.10. The number of piperazine rings is 1. The molecule has 0 aliphatic carbocycles. The van der Waals surface area contributed by atoms with Gasteiger partial charge in [-0.25, -0.2) is 0 Å². The molecule has 2 saturated heterocycles. The number of nitrogens with zero attached hydrogens (tertiary/aromatic N) is 5. The molecular weight excluding hydrogens is 426 g/mol. The van der Waals surface area contributed by atoms with Crippen LogP contribution in [0.25, 0.3) is 10.9 Å². The highest BCUT2D eigenvalue weighted by molar-refractivity contribution is 7.90. The third-order valence-electron chi connectivity index (χ3n) is 6.53. The molecule has 2 aliphatic rings. The monoisotopic (exact) mass is 455 g/mol. The van der Waals surface area contributed by atoms with Crippen molar-refractivity contribution in [3.05, 3.63) is 48.5 Å². The van der Waals surface area contributed by atoms with Crippen molar-refractivity contribution < 1.29 is 13.2 Å². The summed E-state index contributed by atoms with van der Waals surface area (Å²) in [5.41, 5.74) is 1.49. The molecule has 2 fully saturated rings. The number of anilines is 2. The zero-order valence-electron chi connectivity index (χ0n) is 18.5. The zero-order chi connectivity index (χ0) is 22.3. The Balaban J connectivity index is 1.53. The molecule has 1 atom stereocenters. The second kappa shape index (κ2) is 8.38. The van der Waals surface area contributed by atoms with Crippen molar-refractivity contribution in [1.82, 2.24) is 14.1 Å². The molecule has 8 nitrogen and oxygen atoms in total. The Morgan fingerprint density at radius 2 is 1.75 bits per heavy atom. The first-order valence-corrected chi connectivity index (χ1v) is 12.5. The van der Waals surface area contributed by atoms with E-state index in [1.807, 2.05) is 30.3 Å². The normalized spacial score (nSPS) is 20.4. The topological polar surface area (TPSA) is 70.9 Å². The molecule has 170 valence electrons. The standard InChI is InChI=1S/C23H29N5O3S/c1-25-12-14-26(15-13-25)23-21-8-3-4-9-22(21)28(24-23)32(29,30)20-7-5-6-18(16-20)27-11-10-19(17-27)31-2/h3-9,16,19H,10-15,17H2,1-2H3. The van der Waals surface area contributed by atoms with E-state index in [0.29, 0.717) is 5.52 Å². The van der Waals surface area contributed by atoms with Crippen LogP contribution in [0.3, 0.4) is 0 Å². The Morgan fingerprint density at radius 3 is 2.50 bits per heavy atom. The van der Waals surface area contributed by atoms with E-state index in [1.54, 1.807) is 25.3 Å². The highest BCUT2D eigenvalue weighted by Gasteiger charge is 2.28. The van der Waals surface area contributed by atoms with E-state index in [2.05, 4.69) is 26.8 Å². The van der Waals surface area contributed by atoms with Gasteiger partial charge in [0.05, 0.1) is 16.5 Å². The third kappa shape index (κ3) is 3.74. The number of likely N-dealkylation sites (N-methyl/N-ethyl adjacent to an activating group) is 1. The average molecular weight is 456 g/mol. The van der Waals surface area contributed by atoms with Crippen LogP contribution in [0.15, 0.2) is 53.4 Å². The van der Waals surface area contributed by atoms with E-state index in [-0.39, 0.29) is 11.0 Å². The van der Waals surface area contributed by atoms with Crippen LogP contribution in [0.2, 0.25) is 0 Å². The van der Waals surface area contributed by atoms with Crippen LogP contribution in [0.1, 0.15) is 6.42 Å². The predicted octanol–water partition coefficient (Wildman–Crippen LogP) is 2.25. The Hall–Kier alpha value is -2.62. The highest BCUT2D eigenvalue weighted by Crippen LogP contribution is 2.31. The molecule has 9 heteroatoms. The Morgan fingerprint density at radius 1 is 0.969 bits per heavy atom. The van der Waals surface area contributed by atoms with Crippen molar-refractivity contribution in [2.24, 2.45) is 0 Å². The first-order chi connectivity index (χ1) is 15.5. The second-order valence-corrected chi connectivity index (χ2v) is 10.3. The zero-order valence-corrected chi connectivity index (χ0v) is 19.3. The van der Waals surface area contributed by atoms with E-state index < -0.39 is 10.0 Å². The number of hydrogen-bond acceptors (Lipinski definition) is 7. The number of aromatic nitrogens is 2. The van der Waals surface area contributed by atoms with Gasteiger partial charge < -0.3 is 19.4 Å². The quantitative estimate of drug-likeness (QED) is 0.584. The van der Waals surface area contributed by atoms with Gasteiger partial charge in [-0.2, -0.15) is 12.5 Å². The van der Waals surface area contributed by atoms with E-state index in [4.69, 9.17) is 4.74 Å². The molecule has 0 amide bonds. The molecule has 3 heterocycles. The number of para-hydroxylation sites is 1. The van der Waals surface area contributed by atoms with Crippen LogP contribution in [0.4, 0.5) is 11.5 Å². The lowest BCUT2D eigenvalue weighted by Crippen LogP contribution is -2.44. The minimum atomic E-state index is -3.85. The third-order valence-corrected chi connectivity index (χ3v) is 8.11. The molecular formula is C23H29N5O3S. The summed E-state index contributed by atoms with van der Waals surface area (Å²) in [4.78, 5) is 6.86. The highest BCUT2D eigenvalue weighted by atomic mass is 32.2. The maximum atomic E-state index is 13.7. The van der Waals surface area contributed by atoms with Crippen LogP contribution in [-0.2, 0) is 14.8 Å². The molecule has 1 unspecified atom stereocenters. The maximum Gasteiger partial charge on any atom is 0.283 e. The van der Waals surface area contributed by atoms with Gasteiger partial charge in [0.1, 0.15) is 0 Å². The van der Waals surface area contributed by atoms with Gasteiger partial charge in [0.15, 0.2) is 5.82 Å². The van der Waals surface area contributed by atoms with Crippen molar-refractivity contribution in [3.63, 3.8) is 0 Å². The summed E-state index contributed by atoms with van der Waals surface area (Å²) >= 11 is 0. The van der Waals surface area contributed by atoms with Crippen molar-refractivity contribution in [2.45, 2.75) is 17.4 Å². The molecule has 2 aliphatic heterocycles. The van der Waals surface area contributed by atoms with Crippen LogP contribution in [0.5, 0.6) is 0 Å². The van der Waals surface area contributed by atoms with Crippen molar-refractivity contribution in [1.29, 1.82) is 0 Å². The summed E-state index contributed by atoms with van der Waals surface area (Å²) in [5.74, 6) is 0.732. The SMILES string of the molecule is COC1CCN(c2cccc(S(=O)(=O)n3nc(N4CCN(C)CC4)c4ccccc43)c2)C1. The van der Waals surface area contributed by atoms with Crippen molar-refractivity contribution in [2.75, 3.05) is 63.2 Å². The van der Waals surface area contributed by atoms with Gasteiger partial charge in [-0.05, 0) is 43.8 Å². The lowest BCUT2D eigenvalue weighted by Gasteiger charge is -2.32. The van der Waals surface area contributed by atoms with Gasteiger partial charge in [0.2, 0.25) is 0 Å². The fraction of sp³-hybridized carbons (Fsp3) is 0.435. The van der Waals surface area contributed by atoms with Crippen LogP contribution >= 0.6 is 0 Å². The summed E-state index contributed by atoms with van der Waals surface area (Å²) in [7, 11) is -0.0388. The van der Waals surface area contributed by atoms with Gasteiger partial charge in [0.25, 0.3) is 10.0 Å². The minimum Gasteiger partial charge on any atom is -0.380 e. The van der Waals surface area contributed by atoms with Gasteiger partial charge in [-0.15, -0.1) is 5.10 Å². The Labute approximate surface area is 189 Å². The second-order valence-electron chi connectivity index (χ2n) is 8.57. The number of methoxy groups -OCH3 is 1. The number of rotatable bonds is 5. The van der Waals surface area contributed by atoms with Gasteiger partial charge in [-0.1, -0.05) is 18.2 Å². The molecule has 0 bridgehead atoms. The molecule has 0 spiro atoms. The lowest BCUT2D eigenvalue weighted by molar-refractivity contribution is 0.121. The van der Waals surface area contributed by atoms with E-state index in [1.165, 1.54) is 4.09 Å². The van der Waals surface area contributed by atoms with E-state index in [9.17, 15) is 8.42 Å². The Bertz CT molecular complexity index is 1220. The molecule has 5 rings (SSSR count). The lowest BCUT2D eigenvalue weighted by atomic mass is 10.2. The molecule has 0 saturated carbocycles. The van der Waals surface area contributed by atoms with Crippen LogP contribution in [-0.4, -0.2) is 82.0 Å².